The second-order valence-corrected chi connectivity index (χ2v) is 3.26. The molecule has 0 bridgehead atoms. The van der Waals surface area contributed by atoms with Crippen LogP contribution in [-0.4, -0.2) is 11.7 Å². The van der Waals surface area contributed by atoms with Crippen LogP contribution in [0, 0.1) is 0 Å². The molecule has 0 aliphatic heterocycles. The maximum atomic E-state index is 8.76. The van der Waals surface area contributed by atoms with Crippen LogP contribution in [0.2, 0.25) is 0 Å². The normalized spacial score (nSPS) is 12.3. The third-order valence-corrected chi connectivity index (χ3v) is 1.96. The van der Waals surface area contributed by atoms with E-state index in [9.17, 15) is 0 Å². The predicted octanol–water partition coefficient (Wildman–Crippen LogP) is 3.03. The van der Waals surface area contributed by atoms with E-state index < -0.39 is 0 Å². The molecule has 0 aliphatic carbocycles. The van der Waals surface area contributed by atoms with E-state index in [2.05, 4.69) is 24.3 Å². The monoisotopic (exact) mass is 188 g/mol. The number of benzene rings is 1. The summed E-state index contributed by atoms with van der Waals surface area (Å²) in [4.78, 5) is 0. The first-order valence-electron chi connectivity index (χ1n) is 4.81. The molecule has 1 aromatic carbocycles. The highest BCUT2D eigenvalue weighted by molar-refractivity contribution is 5.48. The van der Waals surface area contributed by atoms with Gasteiger partial charge in [-0.2, -0.15) is 0 Å². The zero-order chi connectivity index (χ0) is 10.2. The molecule has 1 N–H and O–H groups in total. The average molecular weight is 188 g/mol. The minimum atomic E-state index is 0.152. The van der Waals surface area contributed by atoms with Crippen molar-refractivity contribution in [2.24, 2.45) is 0 Å². The van der Waals surface area contributed by atoms with Crippen molar-refractivity contribution in [3.63, 3.8) is 0 Å². The van der Waals surface area contributed by atoms with E-state index in [1.807, 2.05) is 31.2 Å². The summed E-state index contributed by atoms with van der Waals surface area (Å²) >= 11 is 0. The van der Waals surface area contributed by atoms with Crippen LogP contribution in [0.4, 0.5) is 0 Å². The quantitative estimate of drug-likeness (QED) is 0.720. The molecule has 0 aromatic heterocycles. The van der Waals surface area contributed by atoms with Gasteiger partial charge in [0.15, 0.2) is 0 Å². The second-order valence-electron chi connectivity index (χ2n) is 3.26. The SMILES string of the molecule is C/C(=C\C/C=C/c1ccccc1)CO. The molecular weight excluding hydrogens is 172 g/mol. The molecule has 0 fully saturated rings. The third-order valence-electron chi connectivity index (χ3n) is 1.96. The van der Waals surface area contributed by atoms with Gasteiger partial charge in [-0.3, -0.25) is 0 Å². The molecule has 0 aliphatic rings. The average Bonchev–Trinajstić information content (AvgIpc) is 2.25. The standard InChI is InChI=1S/C13H16O/c1-12(11-14)7-5-6-10-13-8-3-2-4-9-13/h2-4,6-10,14H,5,11H2,1H3/b10-6+,12-7+. The fraction of sp³-hybridized carbons (Fsp3) is 0.231. The van der Waals surface area contributed by atoms with E-state index in [-0.39, 0.29) is 6.61 Å². The lowest BCUT2D eigenvalue weighted by molar-refractivity contribution is 0.331. The fourth-order valence-corrected chi connectivity index (χ4v) is 1.10. The Balaban J connectivity index is 2.42. The van der Waals surface area contributed by atoms with Crippen molar-refractivity contribution in [1.82, 2.24) is 0 Å². The predicted molar refractivity (Wildman–Crippen MR) is 60.9 cm³/mol. The van der Waals surface area contributed by atoms with Crippen molar-refractivity contribution in [1.29, 1.82) is 0 Å². The Kier molecular flexibility index (Phi) is 4.73. The largest absolute Gasteiger partial charge is 0.392 e. The van der Waals surface area contributed by atoms with Crippen molar-refractivity contribution in [3.05, 3.63) is 53.6 Å². The zero-order valence-electron chi connectivity index (χ0n) is 8.48. The number of rotatable bonds is 4. The van der Waals surface area contributed by atoms with Gasteiger partial charge >= 0.3 is 0 Å². The van der Waals surface area contributed by atoms with Gasteiger partial charge in [-0.1, -0.05) is 54.1 Å². The lowest BCUT2D eigenvalue weighted by Gasteiger charge is -1.92. The molecule has 0 saturated carbocycles. The lowest BCUT2D eigenvalue weighted by Crippen LogP contribution is -1.81. The molecule has 0 atom stereocenters. The van der Waals surface area contributed by atoms with Crippen molar-refractivity contribution in [2.75, 3.05) is 6.61 Å². The van der Waals surface area contributed by atoms with Gasteiger partial charge in [0.05, 0.1) is 6.61 Å². The molecule has 1 aromatic rings. The minimum Gasteiger partial charge on any atom is -0.392 e. The van der Waals surface area contributed by atoms with Crippen molar-refractivity contribution >= 4 is 6.08 Å². The second kappa shape index (κ2) is 6.17. The maximum absolute atomic E-state index is 8.76. The van der Waals surface area contributed by atoms with E-state index >= 15 is 0 Å². The van der Waals surface area contributed by atoms with E-state index in [1.54, 1.807) is 0 Å². The van der Waals surface area contributed by atoms with Crippen LogP contribution in [0.5, 0.6) is 0 Å². The lowest BCUT2D eigenvalue weighted by atomic mass is 10.2. The number of aliphatic hydroxyl groups excluding tert-OH is 1. The summed E-state index contributed by atoms with van der Waals surface area (Å²) in [6.07, 6.45) is 7.08. The van der Waals surface area contributed by atoms with Crippen molar-refractivity contribution < 1.29 is 5.11 Å². The number of hydrogen-bond donors (Lipinski definition) is 1. The number of allylic oxidation sites excluding steroid dienone is 2. The van der Waals surface area contributed by atoms with Crippen LogP contribution in [0.15, 0.2) is 48.1 Å². The first-order valence-corrected chi connectivity index (χ1v) is 4.81. The molecule has 0 saturated heterocycles. The first kappa shape index (κ1) is 10.7. The molecule has 0 heterocycles. The Morgan fingerprint density at radius 2 is 2.00 bits per heavy atom. The summed E-state index contributed by atoms with van der Waals surface area (Å²) < 4.78 is 0. The fourth-order valence-electron chi connectivity index (χ4n) is 1.10. The summed E-state index contributed by atoms with van der Waals surface area (Å²) in [5, 5.41) is 8.76. The first-order chi connectivity index (χ1) is 6.83. The molecule has 14 heavy (non-hydrogen) atoms. The van der Waals surface area contributed by atoms with Crippen LogP contribution in [0.3, 0.4) is 0 Å². The smallest absolute Gasteiger partial charge is 0.0639 e. The molecule has 1 rings (SSSR count). The molecule has 1 heteroatoms. The highest BCUT2D eigenvalue weighted by atomic mass is 16.3. The van der Waals surface area contributed by atoms with Gasteiger partial charge in [-0.15, -0.1) is 0 Å². The summed E-state index contributed by atoms with van der Waals surface area (Å²) in [5.74, 6) is 0. The highest BCUT2D eigenvalue weighted by Crippen LogP contribution is 2.03. The third kappa shape index (κ3) is 4.06. The van der Waals surface area contributed by atoms with Crippen molar-refractivity contribution in [3.8, 4) is 0 Å². The van der Waals surface area contributed by atoms with Gasteiger partial charge in [0.1, 0.15) is 0 Å². The molecule has 0 radical (unpaired) electrons. The maximum Gasteiger partial charge on any atom is 0.0639 e. The molecule has 1 nitrogen and oxygen atoms in total. The van der Waals surface area contributed by atoms with Crippen LogP contribution in [0.1, 0.15) is 18.9 Å². The number of hydrogen-bond acceptors (Lipinski definition) is 1. The summed E-state index contributed by atoms with van der Waals surface area (Å²) in [6.45, 7) is 2.08. The van der Waals surface area contributed by atoms with Crippen LogP contribution in [-0.2, 0) is 0 Å². The topological polar surface area (TPSA) is 20.2 Å². The van der Waals surface area contributed by atoms with Crippen LogP contribution < -0.4 is 0 Å². The van der Waals surface area contributed by atoms with E-state index in [4.69, 9.17) is 5.11 Å². The van der Waals surface area contributed by atoms with Crippen LogP contribution >= 0.6 is 0 Å². The Hall–Kier alpha value is -1.34. The molecule has 0 unspecified atom stereocenters. The van der Waals surface area contributed by atoms with Crippen LogP contribution in [0.25, 0.3) is 6.08 Å². The van der Waals surface area contributed by atoms with E-state index in [1.165, 1.54) is 5.56 Å². The van der Waals surface area contributed by atoms with Crippen molar-refractivity contribution in [2.45, 2.75) is 13.3 Å². The molecule has 74 valence electrons. The van der Waals surface area contributed by atoms with E-state index in [0.717, 1.165) is 12.0 Å². The summed E-state index contributed by atoms with van der Waals surface area (Å²) in [6, 6.07) is 10.2. The van der Waals surface area contributed by atoms with E-state index in [0.29, 0.717) is 0 Å². The van der Waals surface area contributed by atoms with Gasteiger partial charge < -0.3 is 5.11 Å². The van der Waals surface area contributed by atoms with Gasteiger partial charge in [-0.05, 0) is 18.9 Å². The highest BCUT2D eigenvalue weighted by Gasteiger charge is 1.83. The van der Waals surface area contributed by atoms with Gasteiger partial charge in [0.2, 0.25) is 0 Å². The Labute approximate surface area is 85.4 Å². The Morgan fingerprint density at radius 1 is 1.29 bits per heavy atom. The van der Waals surface area contributed by atoms with Gasteiger partial charge in [0.25, 0.3) is 0 Å². The zero-order valence-corrected chi connectivity index (χ0v) is 8.48. The Bertz CT molecular complexity index is 309. The Morgan fingerprint density at radius 3 is 2.64 bits per heavy atom. The molecule has 0 spiro atoms. The summed E-state index contributed by atoms with van der Waals surface area (Å²) in [5.41, 5.74) is 2.23. The molecular formula is C13H16O. The summed E-state index contributed by atoms with van der Waals surface area (Å²) in [7, 11) is 0. The van der Waals surface area contributed by atoms with Gasteiger partial charge in [-0.25, -0.2) is 0 Å². The molecule has 0 amide bonds. The number of aliphatic hydroxyl groups is 1. The minimum absolute atomic E-state index is 0.152. The van der Waals surface area contributed by atoms with Gasteiger partial charge in [0, 0.05) is 0 Å².